The zero-order valence-electron chi connectivity index (χ0n) is 11.0. The predicted molar refractivity (Wildman–Crippen MR) is 77.9 cm³/mol. The van der Waals surface area contributed by atoms with Crippen molar-refractivity contribution in [2.75, 3.05) is 19.7 Å². The number of benzene rings is 1. The molecule has 1 aliphatic heterocycles. The molecule has 104 valence electrons. The Hall–Kier alpha value is -0.910. The fourth-order valence-electron chi connectivity index (χ4n) is 2.11. The highest BCUT2D eigenvalue weighted by Gasteiger charge is 2.24. The van der Waals surface area contributed by atoms with Gasteiger partial charge in [-0.05, 0) is 24.1 Å². The molecule has 5 heteroatoms. The predicted octanol–water partition coefficient (Wildman–Crippen LogP) is 2.00. The molecule has 1 saturated heterocycles. The van der Waals surface area contributed by atoms with Gasteiger partial charge in [-0.1, -0.05) is 35.0 Å². The van der Waals surface area contributed by atoms with Crippen molar-refractivity contribution >= 4 is 21.8 Å². The van der Waals surface area contributed by atoms with Crippen LogP contribution in [0.4, 0.5) is 0 Å². The number of carbonyl (C=O) groups is 1. The Labute approximate surface area is 122 Å². The average Bonchev–Trinajstić information content (AvgIpc) is 2.46. The second kappa shape index (κ2) is 7.03. The van der Waals surface area contributed by atoms with Crippen molar-refractivity contribution < 1.29 is 9.53 Å². The summed E-state index contributed by atoms with van der Waals surface area (Å²) in [6.07, 6.45) is 0.478. The fraction of sp³-hybridized carbons (Fsp3) is 0.500. The van der Waals surface area contributed by atoms with Crippen molar-refractivity contribution in [1.82, 2.24) is 10.6 Å². The number of hydrogen-bond acceptors (Lipinski definition) is 3. The van der Waals surface area contributed by atoms with Crippen LogP contribution in [0.5, 0.6) is 0 Å². The Bertz CT molecular complexity index is 416. The number of carbonyl (C=O) groups excluding carboxylic acids is 1. The molecule has 1 fully saturated rings. The molecule has 1 heterocycles. The molecular weight excluding hydrogens is 308 g/mol. The molecule has 2 atom stereocenters. The first-order chi connectivity index (χ1) is 9.20. The summed E-state index contributed by atoms with van der Waals surface area (Å²) in [5, 5.41) is 6.22. The number of morpholine rings is 1. The van der Waals surface area contributed by atoms with E-state index in [0.29, 0.717) is 13.2 Å². The fourth-order valence-corrected chi connectivity index (χ4v) is 2.38. The summed E-state index contributed by atoms with van der Waals surface area (Å²) in [6, 6.07) is 8.06. The molecule has 0 aliphatic carbocycles. The summed E-state index contributed by atoms with van der Waals surface area (Å²) >= 11 is 3.41. The normalized spacial score (nSPS) is 20.8. The van der Waals surface area contributed by atoms with Gasteiger partial charge < -0.3 is 15.4 Å². The summed E-state index contributed by atoms with van der Waals surface area (Å²) in [7, 11) is 0. The van der Waals surface area contributed by atoms with Gasteiger partial charge in [-0.15, -0.1) is 0 Å². The molecule has 1 aromatic carbocycles. The minimum atomic E-state index is -0.377. The van der Waals surface area contributed by atoms with Crippen molar-refractivity contribution in [3.05, 3.63) is 34.3 Å². The highest BCUT2D eigenvalue weighted by atomic mass is 79.9. The zero-order chi connectivity index (χ0) is 13.7. The summed E-state index contributed by atoms with van der Waals surface area (Å²) in [4.78, 5) is 12.1. The summed E-state index contributed by atoms with van der Waals surface area (Å²) < 4.78 is 6.50. The van der Waals surface area contributed by atoms with Crippen LogP contribution in [0.3, 0.4) is 0 Å². The maximum absolute atomic E-state index is 12.1. The topological polar surface area (TPSA) is 50.4 Å². The third-order valence-corrected chi connectivity index (χ3v) is 3.75. The van der Waals surface area contributed by atoms with Crippen LogP contribution in [0.15, 0.2) is 28.7 Å². The molecular formula is C14H19BrN2O2. The molecule has 1 aromatic rings. The molecule has 0 saturated carbocycles. The van der Waals surface area contributed by atoms with Gasteiger partial charge in [0.25, 0.3) is 5.91 Å². The van der Waals surface area contributed by atoms with E-state index in [1.807, 2.05) is 24.3 Å². The lowest BCUT2D eigenvalue weighted by Gasteiger charge is -2.25. The number of rotatable bonds is 4. The van der Waals surface area contributed by atoms with Crippen molar-refractivity contribution in [3.8, 4) is 0 Å². The van der Waals surface area contributed by atoms with E-state index in [0.717, 1.165) is 23.0 Å². The molecule has 2 unspecified atom stereocenters. The second-order valence-electron chi connectivity index (χ2n) is 4.58. The number of nitrogens with one attached hydrogen (secondary N) is 2. The first kappa shape index (κ1) is 14.5. The number of amides is 1. The maximum atomic E-state index is 12.1. The van der Waals surface area contributed by atoms with Crippen molar-refractivity contribution in [2.45, 2.75) is 25.5 Å². The first-order valence-electron chi connectivity index (χ1n) is 6.59. The van der Waals surface area contributed by atoms with Crippen LogP contribution in [0.25, 0.3) is 0 Å². The smallest absolute Gasteiger partial charge is 0.250 e. The van der Waals surface area contributed by atoms with Crippen LogP contribution < -0.4 is 10.6 Å². The molecule has 2 N–H and O–H groups in total. The van der Waals surface area contributed by atoms with E-state index in [1.165, 1.54) is 0 Å². The van der Waals surface area contributed by atoms with Gasteiger partial charge >= 0.3 is 0 Å². The van der Waals surface area contributed by atoms with Crippen LogP contribution in [-0.4, -0.2) is 31.7 Å². The van der Waals surface area contributed by atoms with Gasteiger partial charge in [0.2, 0.25) is 0 Å². The average molecular weight is 327 g/mol. The van der Waals surface area contributed by atoms with E-state index in [9.17, 15) is 4.79 Å². The minimum absolute atomic E-state index is 0.0335. The monoisotopic (exact) mass is 326 g/mol. The molecule has 1 amide bonds. The lowest BCUT2D eigenvalue weighted by atomic mass is 10.0. The third kappa shape index (κ3) is 4.03. The number of halogens is 1. The Balaban J connectivity index is 1.98. The van der Waals surface area contributed by atoms with Crippen LogP contribution in [0.2, 0.25) is 0 Å². The molecule has 19 heavy (non-hydrogen) atoms. The molecule has 2 rings (SSSR count). The standard InChI is InChI=1S/C14H19BrN2O2/c1-2-12(10-3-5-11(15)6-4-10)17-14(18)13-9-16-7-8-19-13/h3-6,12-13,16H,2,7-9H2,1H3,(H,17,18). The van der Waals surface area contributed by atoms with Crippen molar-refractivity contribution in [3.63, 3.8) is 0 Å². The Morgan fingerprint density at radius 3 is 2.84 bits per heavy atom. The van der Waals surface area contributed by atoms with Gasteiger partial charge in [-0.3, -0.25) is 4.79 Å². The van der Waals surface area contributed by atoms with Gasteiger partial charge in [0, 0.05) is 17.6 Å². The van der Waals surface area contributed by atoms with Gasteiger partial charge in [-0.2, -0.15) is 0 Å². The summed E-state index contributed by atoms with van der Waals surface area (Å²) in [5.41, 5.74) is 1.11. The number of ether oxygens (including phenoxy) is 1. The van der Waals surface area contributed by atoms with Crippen molar-refractivity contribution in [2.24, 2.45) is 0 Å². The highest BCUT2D eigenvalue weighted by Crippen LogP contribution is 2.19. The van der Waals surface area contributed by atoms with Crippen LogP contribution >= 0.6 is 15.9 Å². The van der Waals surface area contributed by atoms with E-state index in [4.69, 9.17) is 4.74 Å². The van der Waals surface area contributed by atoms with Crippen molar-refractivity contribution in [1.29, 1.82) is 0 Å². The van der Waals surface area contributed by atoms with Gasteiger partial charge in [0.15, 0.2) is 0 Å². The SMILES string of the molecule is CCC(NC(=O)C1CNCCO1)c1ccc(Br)cc1. The van der Waals surface area contributed by atoms with E-state index >= 15 is 0 Å². The summed E-state index contributed by atoms with van der Waals surface area (Å²) in [6.45, 7) is 4.05. The van der Waals surface area contributed by atoms with Gasteiger partial charge in [0.05, 0.1) is 12.6 Å². The Morgan fingerprint density at radius 1 is 1.53 bits per heavy atom. The number of hydrogen-bond donors (Lipinski definition) is 2. The van der Waals surface area contributed by atoms with Crippen LogP contribution in [0.1, 0.15) is 24.9 Å². The summed E-state index contributed by atoms with van der Waals surface area (Å²) in [5.74, 6) is -0.0398. The highest BCUT2D eigenvalue weighted by molar-refractivity contribution is 9.10. The molecule has 0 radical (unpaired) electrons. The third-order valence-electron chi connectivity index (χ3n) is 3.22. The lowest BCUT2D eigenvalue weighted by Crippen LogP contribution is -2.48. The molecule has 0 spiro atoms. The van der Waals surface area contributed by atoms with E-state index in [1.54, 1.807) is 0 Å². The van der Waals surface area contributed by atoms with Crippen LogP contribution in [-0.2, 0) is 9.53 Å². The molecule has 0 bridgehead atoms. The Kier molecular flexibility index (Phi) is 5.36. The van der Waals surface area contributed by atoms with Crippen LogP contribution in [0, 0.1) is 0 Å². The second-order valence-corrected chi connectivity index (χ2v) is 5.50. The van der Waals surface area contributed by atoms with E-state index in [2.05, 4.69) is 33.5 Å². The largest absolute Gasteiger partial charge is 0.366 e. The quantitative estimate of drug-likeness (QED) is 0.889. The molecule has 1 aliphatic rings. The Morgan fingerprint density at radius 2 is 2.26 bits per heavy atom. The zero-order valence-corrected chi connectivity index (χ0v) is 12.6. The van der Waals surface area contributed by atoms with E-state index in [-0.39, 0.29) is 18.1 Å². The molecule has 4 nitrogen and oxygen atoms in total. The maximum Gasteiger partial charge on any atom is 0.250 e. The lowest BCUT2D eigenvalue weighted by molar-refractivity contribution is -0.135. The molecule has 0 aromatic heterocycles. The van der Waals surface area contributed by atoms with E-state index < -0.39 is 0 Å². The minimum Gasteiger partial charge on any atom is -0.366 e. The van der Waals surface area contributed by atoms with Gasteiger partial charge in [-0.25, -0.2) is 0 Å². The first-order valence-corrected chi connectivity index (χ1v) is 7.38. The van der Waals surface area contributed by atoms with Gasteiger partial charge in [0.1, 0.15) is 6.10 Å².